The molecule has 21 heavy (non-hydrogen) atoms. The monoisotopic (exact) mass is 297 g/mol. The van der Waals surface area contributed by atoms with Crippen molar-refractivity contribution < 1.29 is 24.2 Å². The molecule has 116 valence electrons. The van der Waals surface area contributed by atoms with Gasteiger partial charge in [-0.3, -0.25) is 9.69 Å². The quantitative estimate of drug-likeness (QED) is 0.629. The van der Waals surface area contributed by atoms with Crippen LogP contribution in [0.4, 0.5) is 4.79 Å². The molecule has 3 rings (SSSR count). The molecule has 3 unspecified atom stereocenters. The number of carbonyl (C=O) groups is 3. The summed E-state index contributed by atoms with van der Waals surface area (Å²) in [7, 11) is 0. The molecule has 0 bridgehead atoms. The van der Waals surface area contributed by atoms with Gasteiger partial charge in [-0.1, -0.05) is 0 Å². The van der Waals surface area contributed by atoms with E-state index in [1.54, 1.807) is 0 Å². The van der Waals surface area contributed by atoms with E-state index < -0.39 is 18.0 Å². The van der Waals surface area contributed by atoms with Gasteiger partial charge in [0.05, 0.1) is 12.1 Å². The number of hydrogen-bond donors (Lipinski definition) is 3. The topological polar surface area (TPSA) is 108 Å². The highest BCUT2D eigenvalue weighted by Gasteiger charge is 2.43. The maximum atomic E-state index is 12.3. The van der Waals surface area contributed by atoms with E-state index in [1.807, 2.05) is 0 Å². The molecule has 3 amide bonds. The Morgan fingerprint density at radius 2 is 2.10 bits per heavy atom. The molecule has 0 aromatic carbocycles. The van der Waals surface area contributed by atoms with Gasteiger partial charge >= 0.3 is 12.0 Å². The third-order valence-electron chi connectivity index (χ3n) is 4.26. The SMILES string of the molecule is O=C1CN(C(=O)NC2CCOC2C2CC2)C(C(=O)O)CN1. The van der Waals surface area contributed by atoms with Crippen LogP contribution in [0.1, 0.15) is 19.3 Å². The molecule has 3 N–H and O–H groups in total. The summed E-state index contributed by atoms with van der Waals surface area (Å²) in [6, 6.07) is -1.62. The highest BCUT2D eigenvalue weighted by Crippen LogP contribution is 2.38. The molecule has 0 aromatic heterocycles. The number of carboxylic acids is 1. The van der Waals surface area contributed by atoms with E-state index in [9.17, 15) is 14.4 Å². The molecule has 1 saturated carbocycles. The maximum Gasteiger partial charge on any atom is 0.328 e. The van der Waals surface area contributed by atoms with Crippen molar-refractivity contribution in [1.29, 1.82) is 0 Å². The summed E-state index contributed by atoms with van der Waals surface area (Å²) in [6.45, 7) is 0.314. The van der Waals surface area contributed by atoms with Gasteiger partial charge in [0.1, 0.15) is 12.6 Å². The van der Waals surface area contributed by atoms with Crippen LogP contribution < -0.4 is 10.6 Å². The number of nitrogens with zero attached hydrogens (tertiary/aromatic N) is 1. The summed E-state index contributed by atoms with van der Waals surface area (Å²) in [5.41, 5.74) is 0. The van der Waals surface area contributed by atoms with Crippen LogP contribution in [0.25, 0.3) is 0 Å². The normalized spacial score (nSPS) is 32.7. The summed E-state index contributed by atoms with van der Waals surface area (Å²) in [4.78, 5) is 36.0. The fraction of sp³-hybridized carbons (Fsp3) is 0.769. The molecule has 3 fully saturated rings. The number of nitrogens with one attached hydrogen (secondary N) is 2. The van der Waals surface area contributed by atoms with Crippen molar-refractivity contribution in [2.45, 2.75) is 37.5 Å². The minimum atomic E-state index is -1.12. The first-order valence-electron chi connectivity index (χ1n) is 7.24. The van der Waals surface area contributed by atoms with Crippen molar-refractivity contribution in [3.63, 3.8) is 0 Å². The smallest absolute Gasteiger partial charge is 0.328 e. The number of carbonyl (C=O) groups excluding carboxylic acids is 2. The highest BCUT2D eigenvalue weighted by atomic mass is 16.5. The lowest BCUT2D eigenvalue weighted by Crippen LogP contribution is -2.62. The van der Waals surface area contributed by atoms with Crippen molar-refractivity contribution in [3.05, 3.63) is 0 Å². The predicted molar refractivity (Wildman–Crippen MR) is 70.5 cm³/mol. The Hall–Kier alpha value is -1.83. The molecule has 8 nitrogen and oxygen atoms in total. The standard InChI is InChI=1S/C13H19N3O5/c17-10-6-16(9(5-14-10)12(18)19)13(20)15-8-3-4-21-11(8)7-1-2-7/h7-9,11H,1-6H2,(H,14,17)(H,15,20)(H,18,19). The fourth-order valence-electron chi connectivity index (χ4n) is 2.97. The van der Waals surface area contributed by atoms with Crippen molar-refractivity contribution >= 4 is 17.9 Å². The molecule has 3 atom stereocenters. The summed E-state index contributed by atoms with van der Waals surface area (Å²) in [6.07, 6.45) is 2.97. The molecule has 8 heteroatoms. The van der Waals surface area contributed by atoms with Crippen molar-refractivity contribution in [2.24, 2.45) is 5.92 Å². The van der Waals surface area contributed by atoms with Gasteiger partial charge in [-0.05, 0) is 25.2 Å². The van der Waals surface area contributed by atoms with Crippen LogP contribution >= 0.6 is 0 Å². The number of carboxylic acid groups (broad SMARTS) is 1. The second-order valence-electron chi connectivity index (χ2n) is 5.80. The number of amides is 3. The third kappa shape index (κ3) is 2.94. The van der Waals surface area contributed by atoms with E-state index in [2.05, 4.69) is 10.6 Å². The van der Waals surface area contributed by atoms with Crippen LogP contribution in [0.2, 0.25) is 0 Å². The summed E-state index contributed by atoms with van der Waals surface area (Å²) in [5, 5.41) is 14.5. The molecule has 2 aliphatic heterocycles. The Kier molecular flexibility index (Phi) is 3.71. The molecule has 0 aromatic rings. The average Bonchev–Trinajstić information content (AvgIpc) is 3.19. The van der Waals surface area contributed by atoms with Crippen LogP contribution in [-0.4, -0.2) is 65.8 Å². The van der Waals surface area contributed by atoms with E-state index in [1.165, 1.54) is 0 Å². The van der Waals surface area contributed by atoms with E-state index in [0.29, 0.717) is 12.5 Å². The van der Waals surface area contributed by atoms with Crippen LogP contribution in [-0.2, 0) is 14.3 Å². The summed E-state index contributed by atoms with van der Waals surface area (Å²) < 4.78 is 5.64. The lowest BCUT2D eigenvalue weighted by atomic mass is 10.1. The number of hydrogen-bond acceptors (Lipinski definition) is 4. The van der Waals surface area contributed by atoms with Crippen LogP contribution in [0.5, 0.6) is 0 Å². The predicted octanol–water partition coefficient (Wildman–Crippen LogP) is -0.851. The zero-order valence-electron chi connectivity index (χ0n) is 11.6. The Morgan fingerprint density at radius 1 is 1.33 bits per heavy atom. The second-order valence-corrected chi connectivity index (χ2v) is 5.80. The van der Waals surface area contributed by atoms with Gasteiger partial charge in [0.15, 0.2) is 0 Å². The molecule has 0 spiro atoms. The molecule has 2 heterocycles. The number of aliphatic carboxylic acids is 1. The van der Waals surface area contributed by atoms with Gasteiger partial charge in [-0.2, -0.15) is 0 Å². The number of piperazine rings is 1. The number of ether oxygens (including phenoxy) is 1. The van der Waals surface area contributed by atoms with Crippen molar-refractivity contribution in [2.75, 3.05) is 19.7 Å². The second kappa shape index (κ2) is 5.51. The Balaban J connectivity index is 1.64. The van der Waals surface area contributed by atoms with Gasteiger partial charge in [-0.25, -0.2) is 9.59 Å². The molecule has 3 aliphatic rings. The lowest BCUT2D eigenvalue weighted by Gasteiger charge is -2.34. The fourth-order valence-corrected chi connectivity index (χ4v) is 2.97. The minimum Gasteiger partial charge on any atom is -0.480 e. The first-order chi connectivity index (χ1) is 10.1. The average molecular weight is 297 g/mol. The highest BCUT2D eigenvalue weighted by molar-refractivity contribution is 5.90. The van der Waals surface area contributed by atoms with E-state index in [4.69, 9.17) is 9.84 Å². The first kappa shape index (κ1) is 14.1. The van der Waals surface area contributed by atoms with Crippen LogP contribution in [0, 0.1) is 5.92 Å². The largest absolute Gasteiger partial charge is 0.480 e. The number of urea groups is 1. The minimum absolute atomic E-state index is 0.0239. The first-order valence-corrected chi connectivity index (χ1v) is 7.24. The van der Waals surface area contributed by atoms with Gasteiger partial charge < -0.3 is 20.5 Å². The molecular formula is C13H19N3O5. The van der Waals surface area contributed by atoms with E-state index in [-0.39, 0.29) is 31.1 Å². The Labute approximate surface area is 121 Å². The third-order valence-corrected chi connectivity index (χ3v) is 4.26. The molecule has 2 saturated heterocycles. The lowest BCUT2D eigenvalue weighted by molar-refractivity contribution is -0.144. The summed E-state index contributed by atoms with van der Waals surface area (Å²) >= 11 is 0. The maximum absolute atomic E-state index is 12.3. The molecule has 1 aliphatic carbocycles. The van der Waals surface area contributed by atoms with Crippen LogP contribution in [0.3, 0.4) is 0 Å². The zero-order chi connectivity index (χ0) is 15.0. The molecule has 0 radical (unpaired) electrons. The summed E-state index contributed by atoms with van der Waals surface area (Å²) in [5.74, 6) is -0.964. The van der Waals surface area contributed by atoms with Gasteiger partial charge in [0, 0.05) is 13.2 Å². The Morgan fingerprint density at radius 3 is 2.76 bits per heavy atom. The van der Waals surface area contributed by atoms with E-state index in [0.717, 1.165) is 24.2 Å². The van der Waals surface area contributed by atoms with Gasteiger partial charge in [0.25, 0.3) is 0 Å². The van der Waals surface area contributed by atoms with Crippen molar-refractivity contribution in [3.8, 4) is 0 Å². The van der Waals surface area contributed by atoms with Crippen molar-refractivity contribution in [1.82, 2.24) is 15.5 Å². The zero-order valence-corrected chi connectivity index (χ0v) is 11.6. The van der Waals surface area contributed by atoms with Gasteiger partial charge in [0.2, 0.25) is 5.91 Å². The van der Waals surface area contributed by atoms with Crippen LogP contribution in [0.15, 0.2) is 0 Å². The van der Waals surface area contributed by atoms with Gasteiger partial charge in [-0.15, -0.1) is 0 Å². The molecular weight excluding hydrogens is 278 g/mol. The Bertz CT molecular complexity index is 465. The number of rotatable bonds is 3. The van der Waals surface area contributed by atoms with E-state index >= 15 is 0 Å².